The van der Waals surface area contributed by atoms with Gasteiger partial charge in [-0.15, -0.1) is 0 Å². The van der Waals surface area contributed by atoms with Crippen molar-refractivity contribution in [2.75, 3.05) is 0 Å². The second kappa shape index (κ2) is 8.12. The smallest absolute Gasteiger partial charge is 0.275 e. The van der Waals surface area contributed by atoms with Crippen molar-refractivity contribution in [3.05, 3.63) is 81.9 Å². The molecule has 1 saturated carbocycles. The molecule has 2 aromatic carbocycles. The third kappa shape index (κ3) is 3.40. The van der Waals surface area contributed by atoms with E-state index in [1.54, 1.807) is 30.3 Å². The number of imide groups is 1. The molecule has 0 spiro atoms. The van der Waals surface area contributed by atoms with E-state index in [4.69, 9.17) is 23.2 Å². The summed E-state index contributed by atoms with van der Waals surface area (Å²) < 4.78 is 0. The van der Waals surface area contributed by atoms with Gasteiger partial charge in [-0.1, -0.05) is 65.7 Å². The van der Waals surface area contributed by atoms with E-state index in [-0.39, 0.29) is 22.4 Å². The van der Waals surface area contributed by atoms with Crippen molar-refractivity contribution in [3.8, 4) is 0 Å². The SMILES string of the molecule is C[C@H](C(=O)c1ccccc1)N(C(=O)c1ccc(Cl)cc1Cl)N1C(=O)[C@@H]2[C@H](C1=O)[C@H]1C=C[C@H]2C1. The molecule has 168 valence electrons. The first-order valence-electron chi connectivity index (χ1n) is 10.7. The van der Waals surface area contributed by atoms with Crippen LogP contribution < -0.4 is 0 Å². The van der Waals surface area contributed by atoms with Crippen LogP contribution in [0.1, 0.15) is 34.1 Å². The Kier molecular flexibility index (Phi) is 5.38. The fourth-order valence-corrected chi connectivity index (χ4v) is 5.77. The van der Waals surface area contributed by atoms with E-state index >= 15 is 0 Å². The number of benzene rings is 2. The lowest BCUT2D eigenvalue weighted by molar-refractivity contribution is -0.157. The molecule has 3 amide bonds. The standard InChI is InChI=1S/C25H20Cl2N2O4/c1-13(22(30)14-5-3-2-4-6-14)28(23(31)18-10-9-17(26)12-19(18)27)29-24(32)20-15-7-8-16(11-15)21(20)25(29)33/h2-10,12-13,15-16,20-21H,11H2,1H3/t13-,15+,16+,20-,21+/m1/s1. The highest BCUT2D eigenvalue weighted by molar-refractivity contribution is 6.36. The number of halogens is 2. The summed E-state index contributed by atoms with van der Waals surface area (Å²) in [6, 6.07) is 11.7. The molecule has 1 aliphatic heterocycles. The summed E-state index contributed by atoms with van der Waals surface area (Å²) in [7, 11) is 0. The zero-order chi connectivity index (χ0) is 23.4. The van der Waals surface area contributed by atoms with Crippen LogP contribution in [0.25, 0.3) is 0 Å². The van der Waals surface area contributed by atoms with E-state index in [9.17, 15) is 19.2 Å². The molecule has 2 bridgehead atoms. The fraction of sp³-hybridized carbons (Fsp3) is 0.280. The fourth-order valence-electron chi connectivity index (χ4n) is 5.28. The first-order chi connectivity index (χ1) is 15.8. The van der Waals surface area contributed by atoms with Crippen molar-refractivity contribution in [2.45, 2.75) is 19.4 Å². The van der Waals surface area contributed by atoms with Gasteiger partial charge in [0.25, 0.3) is 17.7 Å². The van der Waals surface area contributed by atoms with Crippen molar-refractivity contribution >= 4 is 46.7 Å². The molecule has 5 rings (SSSR count). The van der Waals surface area contributed by atoms with Gasteiger partial charge in [0, 0.05) is 10.6 Å². The number of hydrazine groups is 1. The summed E-state index contributed by atoms with van der Waals surface area (Å²) in [5.74, 6) is -3.09. The molecule has 8 heteroatoms. The van der Waals surface area contributed by atoms with E-state index in [1.807, 2.05) is 12.2 Å². The lowest BCUT2D eigenvalue weighted by atomic mass is 9.85. The summed E-state index contributed by atoms with van der Waals surface area (Å²) >= 11 is 12.3. The van der Waals surface area contributed by atoms with Crippen LogP contribution in [0.4, 0.5) is 0 Å². The highest BCUT2D eigenvalue weighted by Gasteiger charge is 2.61. The number of ketones is 1. The van der Waals surface area contributed by atoms with Crippen molar-refractivity contribution in [1.29, 1.82) is 0 Å². The quantitative estimate of drug-likeness (QED) is 0.358. The Bertz CT molecular complexity index is 1180. The van der Waals surface area contributed by atoms with Crippen LogP contribution in [0, 0.1) is 23.7 Å². The van der Waals surface area contributed by atoms with Gasteiger partial charge in [0.1, 0.15) is 6.04 Å². The second-order valence-corrected chi connectivity index (χ2v) is 9.51. The van der Waals surface area contributed by atoms with Gasteiger partial charge in [0.05, 0.1) is 22.4 Å². The van der Waals surface area contributed by atoms with Crippen LogP contribution in [-0.2, 0) is 9.59 Å². The first-order valence-corrected chi connectivity index (χ1v) is 11.5. The maximum atomic E-state index is 13.7. The lowest BCUT2D eigenvalue weighted by Gasteiger charge is -2.35. The van der Waals surface area contributed by atoms with Crippen LogP contribution in [0.3, 0.4) is 0 Å². The molecular weight excluding hydrogens is 463 g/mol. The number of carbonyl (C=O) groups excluding carboxylic acids is 4. The van der Waals surface area contributed by atoms with E-state index in [0.29, 0.717) is 10.6 Å². The summed E-state index contributed by atoms with van der Waals surface area (Å²) in [4.78, 5) is 54.0. The summed E-state index contributed by atoms with van der Waals surface area (Å²) in [6.45, 7) is 1.51. The van der Waals surface area contributed by atoms with Gasteiger partial charge in [0.2, 0.25) is 0 Å². The largest absolute Gasteiger partial charge is 0.292 e. The molecule has 1 saturated heterocycles. The molecule has 0 radical (unpaired) electrons. The molecule has 6 nitrogen and oxygen atoms in total. The zero-order valence-electron chi connectivity index (χ0n) is 17.7. The molecule has 2 aromatic rings. The molecular formula is C25H20Cl2N2O4. The van der Waals surface area contributed by atoms with Crippen molar-refractivity contribution in [1.82, 2.24) is 10.0 Å². The highest BCUT2D eigenvalue weighted by Crippen LogP contribution is 2.53. The Balaban J connectivity index is 1.57. The number of Topliss-reactive ketones (excluding diaryl/α,β-unsaturated/α-hetero) is 1. The molecule has 1 heterocycles. The number of hydrogen-bond acceptors (Lipinski definition) is 4. The van der Waals surface area contributed by atoms with Gasteiger partial charge in [0.15, 0.2) is 5.78 Å². The number of fused-ring (bicyclic) bond motifs is 5. The Morgan fingerprint density at radius 1 is 0.970 bits per heavy atom. The van der Waals surface area contributed by atoms with Crippen molar-refractivity contribution < 1.29 is 19.2 Å². The van der Waals surface area contributed by atoms with E-state index < -0.39 is 41.4 Å². The summed E-state index contributed by atoms with van der Waals surface area (Å²) in [5.41, 5.74) is 0.415. The second-order valence-electron chi connectivity index (χ2n) is 8.67. The molecule has 0 unspecified atom stereocenters. The number of allylic oxidation sites excluding steroid dienone is 2. The van der Waals surface area contributed by atoms with Crippen LogP contribution in [-0.4, -0.2) is 39.6 Å². The van der Waals surface area contributed by atoms with E-state index in [0.717, 1.165) is 16.4 Å². The molecule has 0 N–H and O–H groups in total. The van der Waals surface area contributed by atoms with Crippen molar-refractivity contribution in [2.24, 2.45) is 23.7 Å². The molecule has 5 atom stereocenters. The predicted octanol–water partition coefficient (Wildman–Crippen LogP) is 4.43. The molecule has 2 fully saturated rings. The average Bonchev–Trinajstić information content (AvgIpc) is 3.49. The Morgan fingerprint density at radius 3 is 2.15 bits per heavy atom. The minimum Gasteiger partial charge on any atom is -0.292 e. The average molecular weight is 483 g/mol. The number of carbonyl (C=O) groups is 4. The third-order valence-corrected chi connectivity index (χ3v) is 7.38. The Hall–Kier alpha value is -2.96. The van der Waals surface area contributed by atoms with E-state index in [1.165, 1.54) is 25.1 Å². The van der Waals surface area contributed by atoms with Crippen LogP contribution in [0.5, 0.6) is 0 Å². The first kappa shape index (κ1) is 21.9. The predicted molar refractivity (Wildman–Crippen MR) is 122 cm³/mol. The molecule has 2 aliphatic carbocycles. The molecule has 33 heavy (non-hydrogen) atoms. The minimum absolute atomic E-state index is 0.0300. The summed E-state index contributed by atoms with van der Waals surface area (Å²) in [6.07, 6.45) is 4.71. The van der Waals surface area contributed by atoms with Gasteiger partial charge in [-0.05, 0) is 43.4 Å². The monoisotopic (exact) mass is 482 g/mol. The van der Waals surface area contributed by atoms with Crippen LogP contribution in [0.2, 0.25) is 10.0 Å². The van der Waals surface area contributed by atoms with Gasteiger partial charge >= 0.3 is 0 Å². The normalized spacial score (nSPS) is 26.0. The number of nitrogens with zero attached hydrogens (tertiary/aromatic N) is 2. The van der Waals surface area contributed by atoms with Gasteiger partial charge < -0.3 is 0 Å². The lowest BCUT2D eigenvalue weighted by Crippen LogP contribution is -2.57. The number of hydrogen-bond donors (Lipinski definition) is 0. The van der Waals surface area contributed by atoms with Crippen LogP contribution >= 0.6 is 23.2 Å². The Labute approximate surface area is 200 Å². The number of rotatable bonds is 5. The van der Waals surface area contributed by atoms with Crippen LogP contribution in [0.15, 0.2) is 60.7 Å². The highest BCUT2D eigenvalue weighted by atomic mass is 35.5. The molecule has 3 aliphatic rings. The van der Waals surface area contributed by atoms with Gasteiger partial charge in [-0.25, -0.2) is 5.01 Å². The maximum Gasteiger partial charge on any atom is 0.275 e. The van der Waals surface area contributed by atoms with Gasteiger partial charge in [-0.2, -0.15) is 5.01 Å². The number of amides is 3. The third-order valence-electron chi connectivity index (χ3n) is 6.84. The maximum absolute atomic E-state index is 13.7. The minimum atomic E-state index is -1.12. The zero-order valence-corrected chi connectivity index (χ0v) is 19.2. The summed E-state index contributed by atoms with van der Waals surface area (Å²) in [5, 5.41) is 2.27. The van der Waals surface area contributed by atoms with E-state index in [2.05, 4.69) is 0 Å². The topological polar surface area (TPSA) is 74.8 Å². The van der Waals surface area contributed by atoms with Gasteiger partial charge in [-0.3, -0.25) is 19.2 Å². The van der Waals surface area contributed by atoms with Crippen molar-refractivity contribution in [3.63, 3.8) is 0 Å². The molecule has 0 aromatic heterocycles. The Morgan fingerprint density at radius 2 is 1.58 bits per heavy atom.